The van der Waals surface area contributed by atoms with Gasteiger partial charge in [-0.1, -0.05) is 12.1 Å². The Hall–Kier alpha value is -2.08. The largest absolute Gasteiger partial charge is 0.369 e. The van der Waals surface area contributed by atoms with E-state index in [4.69, 9.17) is 0 Å². The third-order valence-corrected chi connectivity index (χ3v) is 4.18. The average molecular weight is 318 g/mol. The lowest BCUT2D eigenvalue weighted by molar-refractivity contribution is -0.124. The molecule has 0 bridgehead atoms. The Morgan fingerprint density at radius 3 is 2.52 bits per heavy atom. The minimum Gasteiger partial charge on any atom is -0.369 e. The van der Waals surface area contributed by atoms with E-state index >= 15 is 0 Å². The van der Waals surface area contributed by atoms with Crippen LogP contribution in [0.4, 0.5) is 10.5 Å². The maximum Gasteiger partial charge on any atom is 0.321 e. The van der Waals surface area contributed by atoms with Crippen LogP contribution in [0.15, 0.2) is 24.3 Å². The second kappa shape index (κ2) is 7.97. The van der Waals surface area contributed by atoms with Crippen LogP contribution in [0.2, 0.25) is 0 Å². The molecular weight excluding hydrogens is 292 g/mol. The summed E-state index contributed by atoms with van der Waals surface area (Å²) in [6, 6.07) is 7.72. The minimum absolute atomic E-state index is 0.250. The monoisotopic (exact) mass is 318 g/mol. The molecule has 1 saturated heterocycles. The molecule has 2 N–H and O–H groups in total. The van der Waals surface area contributed by atoms with E-state index in [9.17, 15) is 9.59 Å². The molecule has 2 rings (SSSR count). The van der Waals surface area contributed by atoms with Crippen LogP contribution in [0, 0.1) is 6.92 Å². The van der Waals surface area contributed by atoms with Crippen LogP contribution in [-0.4, -0.2) is 55.6 Å². The third kappa shape index (κ3) is 4.69. The lowest BCUT2D eigenvalue weighted by Crippen LogP contribution is -2.55. The van der Waals surface area contributed by atoms with Gasteiger partial charge in [-0.25, -0.2) is 4.79 Å². The fraction of sp³-hybridized carbons (Fsp3) is 0.529. The minimum atomic E-state index is -0.428. The summed E-state index contributed by atoms with van der Waals surface area (Å²) in [5.41, 5.74) is 2.48. The second-order valence-electron chi connectivity index (χ2n) is 5.89. The highest BCUT2D eigenvalue weighted by Crippen LogP contribution is 2.18. The summed E-state index contributed by atoms with van der Waals surface area (Å²) in [5.74, 6) is -0.250. The number of carbonyl (C=O) groups excluding carboxylic acids is 2. The SMILES string of the molecule is CCNC(=O)NC(=O)C(C)N1CCN(c2cccc(C)c2)CC1. The van der Waals surface area contributed by atoms with Gasteiger partial charge in [-0.15, -0.1) is 0 Å². The van der Waals surface area contributed by atoms with Gasteiger partial charge in [0.15, 0.2) is 0 Å². The van der Waals surface area contributed by atoms with E-state index in [1.54, 1.807) is 0 Å². The summed E-state index contributed by atoms with van der Waals surface area (Å²) in [5, 5.41) is 4.95. The van der Waals surface area contributed by atoms with Crippen LogP contribution in [0.5, 0.6) is 0 Å². The quantitative estimate of drug-likeness (QED) is 0.880. The van der Waals surface area contributed by atoms with Crippen LogP contribution in [0.25, 0.3) is 0 Å². The molecule has 1 unspecified atom stereocenters. The van der Waals surface area contributed by atoms with Crippen LogP contribution in [-0.2, 0) is 4.79 Å². The molecule has 126 valence electrons. The first-order valence-electron chi connectivity index (χ1n) is 8.15. The summed E-state index contributed by atoms with van der Waals surface area (Å²) < 4.78 is 0. The van der Waals surface area contributed by atoms with Crippen molar-refractivity contribution in [3.63, 3.8) is 0 Å². The zero-order valence-corrected chi connectivity index (χ0v) is 14.1. The van der Waals surface area contributed by atoms with Crippen molar-refractivity contribution in [2.75, 3.05) is 37.6 Å². The smallest absolute Gasteiger partial charge is 0.321 e. The number of nitrogens with zero attached hydrogens (tertiary/aromatic N) is 2. The highest BCUT2D eigenvalue weighted by atomic mass is 16.2. The van der Waals surface area contributed by atoms with Gasteiger partial charge in [0, 0.05) is 38.4 Å². The predicted octanol–water partition coefficient (Wildman–Crippen LogP) is 1.35. The number of urea groups is 1. The number of anilines is 1. The Kier molecular flexibility index (Phi) is 5.98. The van der Waals surface area contributed by atoms with E-state index in [1.165, 1.54) is 11.3 Å². The maximum atomic E-state index is 12.1. The first-order chi connectivity index (χ1) is 11.0. The van der Waals surface area contributed by atoms with Crippen molar-refractivity contribution in [3.8, 4) is 0 Å². The molecule has 1 fully saturated rings. The van der Waals surface area contributed by atoms with Crippen LogP contribution in [0.1, 0.15) is 19.4 Å². The highest BCUT2D eigenvalue weighted by Gasteiger charge is 2.26. The molecule has 1 aromatic carbocycles. The summed E-state index contributed by atoms with van der Waals surface area (Å²) in [6.45, 7) is 9.62. The molecule has 1 aliphatic heterocycles. The Morgan fingerprint density at radius 1 is 1.22 bits per heavy atom. The normalized spacial score (nSPS) is 16.7. The lowest BCUT2D eigenvalue weighted by Gasteiger charge is -2.38. The molecule has 0 spiro atoms. The molecule has 0 aliphatic carbocycles. The molecule has 0 aromatic heterocycles. The van der Waals surface area contributed by atoms with Crippen molar-refractivity contribution in [2.24, 2.45) is 0 Å². The second-order valence-corrected chi connectivity index (χ2v) is 5.89. The molecule has 0 radical (unpaired) electrons. The topological polar surface area (TPSA) is 64.7 Å². The molecule has 1 aromatic rings. The molecular formula is C17H26N4O2. The maximum absolute atomic E-state index is 12.1. The van der Waals surface area contributed by atoms with Gasteiger partial charge in [0.1, 0.15) is 0 Å². The standard InChI is InChI=1S/C17H26N4O2/c1-4-18-17(23)19-16(22)14(3)20-8-10-21(11-9-20)15-7-5-6-13(2)12-15/h5-7,12,14H,4,8-11H2,1-3H3,(H2,18,19,22,23). The first-order valence-corrected chi connectivity index (χ1v) is 8.15. The fourth-order valence-corrected chi connectivity index (χ4v) is 2.78. The van der Waals surface area contributed by atoms with Crippen LogP contribution < -0.4 is 15.5 Å². The van der Waals surface area contributed by atoms with E-state index in [1.807, 2.05) is 13.8 Å². The molecule has 1 atom stereocenters. The number of carbonyl (C=O) groups is 2. The van der Waals surface area contributed by atoms with Gasteiger partial charge in [0.2, 0.25) is 5.91 Å². The fourth-order valence-electron chi connectivity index (χ4n) is 2.78. The van der Waals surface area contributed by atoms with Gasteiger partial charge >= 0.3 is 6.03 Å². The molecule has 6 nitrogen and oxygen atoms in total. The number of nitrogens with one attached hydrogen (secondary N) is 2. The number of hydrogen-bond acceptors (Lipinski definition) is 4. The molecule has 1 heterocycles. The summed E-state index contributed by atoms with van der Waals surface area (Å²) in [4.78, 5) is 28.0. The van der Waals surface area contributed by atoms with Gasteiger partial charge < -0.3 is 10.2 Å². The molecule has 0 saturated carbocycles. The average Bonchev–Trinajstić information content (AvgIpc) is 2.54. The van der Waals surface area contributed by atoms with Crippen molar-refractivity contribution in [2.45, 2.75) is 26.8 Å². The van der Waals surface area contributed by atoms with Gasteiger partial charge in [0.25, 0.3) is 0 Å². The Morgan fingerprint density at radius 2 is 1.91 bits per heavy atom. The highest BCUT2D eigenvalue weighted by molar-refractivity contribution is 5.96. The summed E-state index contributed by atoms with van der Waals surface area (Å²) in [6.07, 6.45) is 0. The Bertz CT molecular complexity index is 553. The van der Waals surface area contributed by atoms with Crippen molar-refractivity contribution >= 4 is 17.6 Å². The number of aryl methyl sites for hydroxylation is 1. The molecule has 23 heavy (non-hydrogen) atoms. The summed E-state index contributed by atoms with van der Waals surface area (Å²) >= 11 is 0. The van der Waals surface area contributed by atoms with Crippen molar-refractivity contribution in [1.82, 2.24) is 15.5 Å². The Labute approximate surface area is 137 Å². The van der Waals surface area contributed by atoms with Gasteiger partial charge in [-0.2, -0.15) is 0 Å². The predicted molar refractivity (Wildman–Crippen MR) is 91.6 cm³/mol. The van der Waals surface area contributed by atoms with Crippen molar-refractivity contribution in [3.05, 3.63) is 29.8 Å². The first kappa shape index (κ1) is 17.3. The number of imide groups is 1. The van der Waals surface area contributed by atoms with Gasteiger partial charge in [-0.05, 0) is 38.5 Å². The number of amides is 3. The zero-order chi connectivity index (χ0) is 16.8. The third-order valence-electron chi connectivity index (χ3n) is 4.18. The van der Waals surface area contributed by atoms with Crippen molar-refractivity contribution < 1.29 is 9.59 Å². The molecule has 6 heteroatoms. The zero-order valence-electron chi connectivity index (χ0n) is 14.1. The number of piperazine rings is 1. The van der Waals surface area contributed by atoms with E-state index in [0.29, 0.717) is 6.54 Å². The summed E-state index contributed by atoms with van der Waals surface area (Å²) in [7, 11) is 0. The molecule has 1 aliphatic rings. The number of rotatable bonds is 4. The van der Waals surface area contributed by atoms with Gasteiger partial charge in [0.05, 0.1) is 6.04 Å². The van der Waals surface area contributed by atoms with Gasteiger partial charge in [-0.3, -0.25) is 15.0 Å². The van der Waals surface area contributed by atoms with E-state index in [0.717, 1.165) is 26.2 Å². The number of hydrogen-bond donors (Lipinski definition) is 2. The van der Waals surface area contributed by atoms with E-state index < -0.39 is 6.03 Å². The van der Waals surface area contributed by atoms with Crippen LogP contribution in [0.3, 0.4) is 0 Å². The molecule has 3 amide bonds. The van der Waals surface area contributed by atoms with Crippen molar-refractivity contribution in [1.29, 1.82) is 0 Å². The van der Waals surface area contributed by atoms with Crippen LogP contribution >= 0.6 is 0 Å². The van der Waals surface area contributed by atoms with E-state index in [2.05, 4.69) is 51.6 Å². The number of benzene rings is 1. The van der Waals surface area contributed by atoms with E-state index in [-0.39, 0.29) is 11.9 Å². The Balaban J connectivity index is 1.86. The lowest BCUT2D eigenvalue weighted by atomic mass is 10.1.